The maximum Gasteiger partial charge on any atom is 0.220 e. The minimum atomic E-state index is -1.56. The molecule has 7 atom stereocenters. The number of nitrogens with one attached hydrogen (secondary N) is 1. The normalized spacial score (nSPS) is 18.6. The largest absolute Gasteiger partial charge is 0.394 e. The molecule has 0 aromatic carbocycles. The van der Waals surface area contributed by atoms with Gasteiger partial charge in [-0.25, -0.2) is 0 Å². The summed E-state index contributed by atoms with van der Waals surface area (Å²) in [5, 5.41) is 54.7. The molecule has 1 saturated heterocycles. The topological polar surface area (TPSA) is 149 Å². The number of aliphatic hydroxyl groups is 5. The first-order valence-corrected chi connectivity index (χ1v) is 34.9. The average molecular weight is 1110 g/mol. The molecule has 0 saturated carbocycles. The van der Waals surface area contributed by atoms with Crippen LogP contribution in [0.4, 0.5) is 0 Å². The fourth-order valence-corrected chi connectivity index (χ4v) is 11.6. The minimum absolute atomic E-state index is 0.167. The average Bonchev–Trinajstić information content (AvgIpc) is 3.45. The molecule has 9 heteroatoms. The number of amides is 1. The second-order valence-electron chi connectivity index (χ2n) is 24.7. The lowest BCUT2D eigenvalue weighted by Crippen LogP contribution is -2.60. The van der Waals surface area contributed by atoms with Gasteiger partial charge in [-0.3, -0.25) is 4.79 Å². The Morgan fingerprint density at radius 1 is 0.423 bits per heavy atom. The Morgan fingerprint density at radius 2 is 0.705 bits per heavy atom. The highest BCUT2D eigenvalue weighted by molar-refractivity contribution is 5.76. The summed E-state index contributed by atoms with van der Waals surface area (Å²) in [6, 6.07) is -0.802. The fraction of sp³-hybridized carbons (Fsp3) is 0.957. The van der Waals surface area contributed by atoms with E-state index in [1.165, 1.54) is 308 Å². The first-order valence-electron chi connectivity index (χ1n) is 34.9. The van der Waals surface area contributed by atoms with Crippen LogP contribution in [0.2, 0.25) is 0 Å². The smallest absolute Gasteiger partial charge is 0.220 e. The number of ether oxygens (including phenoxy) is 2. The van der Waals surface area contributed by atoms with Crippen LogP contribution in [0.25, 0.3) is 0 Å². The zero-order chi connectivity index (χ0) is 56.5. The Labute approximate surface area is 484 Å². The van der Waals surface area contributed by atoms with Crippen molar-refractivity contribution in [1.82, 2.24) is 5.32 Å². The van der Waals surface area contributed by atoms with Gasteiger partial charge < -0.3 is 40.3 Å². The molecule has 1 rings (SSSR count). The van der Waals surface area contributed by atoms with E-state index in [1.807, 2.05) is 6.08 Å². The Kier molecular flexibility index (Phi) is 56.8. The Balaban J connectivity index is 2.09. The van der Waals surface area contributed by atoms with Crippen molar-refractivity contribution in [2.45, 2.75) is 410 Å². The van der Waals surface area contributed by atoms with Crippen LogP contribution in [0.5, 0.6) is 0 Å². The number of hydrogen-bond donors (Lipinski definition) is 6. The Bertz CT molecular complexity index is 1240. The molecule has 0 radical (unpaired) electrons. The summed E-state index contributed by atoms with van der Waals surface area (Å²) >= 11 is 0. The lowest BCUT2D eigenvalue weighted by atomic mass is 9.99. The molecule has 7 unspecified atom stereocenters. The molecule has 78 heavy (non-hydrogen) atoms. The summed E-state index contributed by atoms with van der Waals surface area (Å²) in [5.41, 5.74) is 0. The first kappa shape index (κ1) is 74.9. The molecule has 0 bridgehead atoms. The van der Waals surface area contributed by atoms with Gasteiger partial charge >= 0.3 is 0 Å². The lowest BCUT2D eigenvalue weighted by Gasteiger charge is -2.40. The predicted molar refractivity (Wildman–Crippen MR) is 332 cm³/mol. The molecular weight excluding hydrogens is 971 g/mol. The van der Waals surface area contributed by atoms with Crippen LogP contribution in [0.3, 0.4) is 0 Å². The second kappa shape index (κ2) is 59.1. The van der Waals surface area contributed by atoms with Gasteiger partial charge in [0.15, 0.2) is 6.29 Å². The molecule has 6 N–H and O–H groups in total. The molecule has 0 aromatic heterocycles. The molecule has 464 valence electrons. The number of unbranched alkanes of at least 4 members (excludes halogenated alkanes) is 52. The molecule has 1 aliphatic heterocycles. The van der Waals surface area contributed by atoms with E-state index >= 15 is 0 Å². The summed E-state index contributed by atoms with van der Waals surface area (Å²) in [4.78, 5) is 13.1. The Morgan fingerprint density at radius 3 is 1.00 bits per heavy atom. The molecule has 1 aliphatic rings. The van der Waals surface area contributed by atoms with Crippen LogP contribution in [0.1, 0.15) is 367 Å². The number of allylic oxidation sites excluding steroid dienone is 1. The van der Waals surface area contributed by atoms with E-state index in [0.717, 1.165) is 38.5 Å². The summed E-state index contributed by atoms with van der Waals surface area (Å²) < 4.78 is 11.3. The van der Waals surface area contributed by atoms with Gasteiger partial charge in [0.05, 0.1) is 25.4 Å². The van der Waals surface area contributed by atoms with Crippen molar-refractivity contribution >= 4 is 5.91 Å². The van der Waals surface area contributed by atoms with Gasteiger partial charge in [0.2, 0.25) is 5.91 Å². The molecular formula is C69H135NO8. The number of aliphatic hydroxyl groups excluding tert-OH is 5. The van der Waals surface area contributed by atoms with Crippen LogP contribution in [-0.4, -0.2) is 87.5 Å². The van der Waals surface area contributed by atoms with Gasteiger partial charge in [-0.15, -0.1) is 0 Å². The summed E-state index contributed by atoms with van der Waals surface area (Å²) in [6.07, 6.45) is 69.0. The summed E-state index contributed by atoms with van der Waals surface area (Å²) in [5.74, 6) is -0.167. The van der Waals surface area contributed by atoms with Crippen LogP contribution >= 0.6 is 0 Å². The van der Waals surface area contributed by atoms with E-state index in [0.29, 0.717) is 6.42 Å². The third-order valence-corrected chi connectivity index (χ3v) is 17.1. The Hall–Kier alpha value is -1.07. The summed E-state index contributed by atoms with van der Waals surface area (Å²) in [7, 11) is 0. The van der Waals surface area contributed by atoms with Gasteiger partial charge in [0.25, 0.3) is 0 Å². The maximum atomic E-state index is 13.1. The van der Waals surface area contributed by atoms with Crippen molar-refractivity contribution in [3.8, 4) is 0 Å². The monoisotopic (exact) mass is 1110 g/mol. The zero-order valence-electron chi connectivity index (χ0n) is 52.0. The molecule has 0 aromatic rings. The molecule has 1 heterocycles. The molecule has 1 amide bonds. The standard InChI is InChI=1S/C69H135NO8/c1-3-5-7-9-11-13-15-17-19-21-23-25-27-28-29-30-31-32-33-34-35-36-37-39-41-43-45-47-49-51-53-55-57-59-65(73)70-62(61-77-69-68(76)67(75)66(74)64(60-71)78-69)63(72)58-56-54-52-50-48-46-44-42-40-38-26-24-22-20-18-16-14-12-10-8-6-4-2/h56,58,62-64,66-69,71-72,74-76H,3-55,57,59-61H2,1-2H3,(H,70,73)/b58-56+. The lowest BCUT2D eigenvalue weighted by molar-refractivity contribution is -0.302. The highest BCUT2D eigenvalue weighted by Crippen LogP contribution is 2.24. The van der Waals surface area contributed by atoms with E-state index in [-0.39, 0.29) is 12.5 Å². The minimum Gasteiger partial charge on any atom is -0.394 e. The van der Waals surface area contributed by atoms with E-state index in [2.05, 4.69) is 19.2 Å². The van der Waals surface area contributed by atoms with E-state index in [9.17, 15) is 30.3 Å². The molecule has 0 aliphatic carbocycles. The van der Waals surface area contributed by atoms with Gasteiger partial charge in [0.1, 0.15) is 24.4 Å². The number of carbonyl (C=O) groups is 1. The van der Waals surface area contributed by atoms with Crippen molar-refractivity contribution in [2.75, 3.05) is 13.2 Å². The SMILES string of the molecule is CCCCCCCCCCCCCCCCCCCCCC/C=C/C(O)C(COC1OC(CO)C(O)C(O)C1O)NC(=O)CCCCCCCCCCCCCCCCCCCCCCCCCCCCCCCCCCC. The van der Waals surface area contributed by atoms with Gasteiger partial charge in [-0.1, -0.05) is 353 Å². The number of rotatable bonds is 62. The van der Waals surface area contributed by atoms with Crippen LogP contribution in [0.15, 0.2) is 12.2 Å². The highest BCUT2D eigenvalue weighted by Gasteiger charge is 2.44. The zero-order valence-corrected chi connectivity index (χ0v) is 52.0. The van der Waals surface area contributed by atoms with E-state index in [4.69, 9.17) is 9.47 Å². The first-order chi connectivity index (χ1) is 38.3. The van der Waals surface area contributed by atoms with Crippen LogP contribution < -0.4 is 5.32 Å². The van der Waals surface area contributed by atoms with Crippen molar-refractivity contribution < 1.29 is 39.8 Å². The van der Waals surface area contributed by atoms with E-state index in [1.54, 1.807) is 6.08 Å². The molecule has 1 fully saturated rings. The van der Waals surface area contributed by atoms with Crippen LogP contribution in [-0.2, 0) is 14.3 Å². The van der Waals surface area contributed by atoms with E-state index < -0.39 is 49.5 Å². The number of hydrogen-bond acceptors (Lipinski definition) is 8. The van der Waals surface area contributed by atoms with Crippen LogP contribution in [0, 0.1) is 0 Å². The second-order valence-corrected chi connectivity index (χ2v) is 24.7. The van der Waals surface area contributed by atoms with Gasteiger partial charge in [-0.2, -0.15) is 0 Å². The molecule has 9 nitrogen and oxygen atoms in total. The highest BCUT2D eigenvalue weighted by atomic mass is 16.7. The summed E-state index contributed by atoms with van der Waals surface area (Å²) in [6.45, 7) is 3.84. The van der Waals surface area contributed by atoms with Gasteiger partial charge in [-0.05, 0) is 19.3 Å². The quantitative estimate of drug-likeness (QED) is 0.0261. The van der Waals surface area contributed by atoms with Crippen molar-refractivity contribution in [3.05, 3.63) is 12.2 Å². The van der Waals surface area contributed by atoms with Crippen molar-refractivity contribution in [1.29, 1.82) is 0 Å². The predicted octanol–water partition coefficient (Wildman–Crippen LogP) is 18.7. The van der Waals surface area contributed by atoms with Crippen molar-refractivity contribution in [2.24, 2.45) is 0 Å². The molecule has 0 spiro atoms. The van der Waals surface area contributed by atoms with Crippen molar-refractivity contribution in [3.63, 3.8) is 0 Å². The third-order valence-electron chi connectivity index (χ3n) is 17.1. The maximum absolute atomic E-state index is 13.1. The van der Waals surface area contributed by atoms with Gasteiger partial charge in [0, 0.05) is 6.42 Å². The third kappa shape index (κ3) is 47.4. The number of carbonyl (C=O) groups excluding carboxylic acids is 1. The fourth-order valence-electron chi connectivity index (χ4n) is 11.6.